The second-order valence-electron chi connectivity index (χ2n) is 7.32. The van der Waals surface area contributed by atoms with Gasteiger partial charge in [-0.25, -0.2) is 14.2 Å². The Bertz CT molecular complexity index is 882. The highest BCUT2D eigenvalue weighted by atomic mass is 19.1. The van der Waals surface area contributed by atoms with Gasteiger partial charge < -0.3 is 10.1 Å². The lowest BCUT2D eigenvalue weighted by atomic mass is 9.86. The maximum atomic E-state index is 13.8. The quantitative estimate of drug-likeness (QED) is 0.893. The van der Waals surface area contributed by atoms with Crippen LogP contribution in [0.1, 0.15) is 31.0 Å². The number of rotatable bonds is 3. The molecule has 2 aromatic carbocycles. The number of hydrazone groups is 1. The lowest BCUT2D eigenvalue weighted by molar-refractivity contribution is 0.160. The van der Waals surface area contributed by atoms with Gasteiger partial charge in [0.15, 0.2) is 0 Å². The van der Waals surface area contributed by atoms with Crippen LogP contribution in [0.25, 0.3) is 0 Å². The van der Waals surface area contributed by atoms with Crippen LogP contribution in [-0.4, -0.2) is 29.9 Å². The molecule has 6 heteroatoms. The van der Waals surface area contributed by atoms with E-state index in [1.165, 1.54) is 17.1 Å². The minimum atomic E-state index is -0.348. The van der Waals surface area contributed by atoms with E-state index in [9.17, 15) is 9.18 Å². The summed E-state index contributed by atoms with van der Waals surface area (Å²) < 4.78 is 19.7. The van der Waals surface area contributed by atoms with Gasteiger partial charge in [0.05, 0.1) is 24.3 Å². The molecule has 2 heterocycles. The molecule has 0 bridgehead atoms. The molecule has 0 unspecified atom stereocenters. The Morgan fingerprint density at radius 3 is 2.81 bits per heavy atom. The van der Waals surface area contributed by atoms with Crippen molar-refractivity contribution in [3.05, 3.63) is 65.5 Å². The lowest BCUT2D eigenvalue weighted by Crippen LogP contribution is -2.41. The van der Waals surface area contributed by atoms with E-state index in [2.05, 4.69) is 10.4 Å². The Morgan fingerprint density at radius 2 is 2.07 bits per heavy atom. The molecule has 1 N–H and O–H groups in total. The van der Waals surface area contributed by atoms with Crippen molar-refractivity contribution in [2.75, 3.05) is 13.2 Å². The summed E-state index contributed by atoms with van der Waals surface area (Å²) in [6, 6.07) is 13.6. The Morgan fingerprint density at radius 1 is 1.30 bits per heavy atom. The van der Waals surface area contributed by atoms with Crippen LogP contribution in [0, 0.1) is 17.7 Å². The number of benzene rings is 2. The molecule has 0 fully saturated rings. The van der Waals surface area contributed by atoms with E-state index in [1.807, 2.05) is 44.2 Å². The van der Waals surface area contributed by atoms with Gasteiger partial charge in [-0.1, -0.05) is 44.2 Å². The molecule has 2 amide bonds. The summed E-state index contributed by atoms with van der Waals surface area (Å²) in [5.74, 6) is 0.439. The largest absolute Gasteiger partial charge is 0.492 e. The standard InChI is InChI=1S/C21H22FN3O2/c1-13(2)11-23-21(26)25-20(14-6-4-3-5-7-14)17-12-27-18-9-8-15(22)10-16(18)19(17)24-25/h3-10,13,17,20H,11-12H2,1-2H3,(H,23,26)/t17-,20-/m1/s1. The van der Waals surface area contributed by atoms with Crippen molar-refractivity contribution in [1.29, 1.82) is 0 Å². The first kappa shape index (κ1) is 17.5. The zero-order valence-corrected chi connectivity index (χ0v) is 15.4. The molecular weight excluding hydrogens is 345 g/mol. The number of hydrogen-bond acceptors (Lipinski definition) is 3. The maximum Gasteiger partial charge on any atom is 0.338 e. The Kier molecular flexibility index (Phi) is 4.56. The number of nitrogens with zero attached hydrogens (tertiary/aromatic N) is 2. The van der Waals surface area contributed by atoms with Crippen molar-refractivity contribution in [2.24, 2.45) is 16.9 Å². The smallest absolute Gasteiger partial charge is 0.338 e. The molecule has 0 aliphatic carbocycles. The summed E-state index contributed by atoms with van der Waals surface area (Å²) in [5, 5.41) is 9.04. The molecule has 0 aromatic heterocycles. The molecule has 2 aliphatic rings. The molecule has 2 aliphatic heterocycles. The molecule has 2 atom stereocenters. The molecule has 0 radical (unpaired) electrons. The molecular formula is C21H22FN3O2. The van der Waals surface area contributed by atoms with Gasteiger partial charge in [-0.15, -0.1) is 0 Å². The second-order valence-corrected chi connectivity index (χ2v) is 7.32. The van der Waals surface area contributed by atoms with E-state index in [0.29, 0.717) is 36.1 Å². The van der Waals surface area contributed by atoms with Crippen LogP contribution in [0.15, 0.2) is 53.6 Å². The Hall–Kier alpha value is -2.89. The predicted octanol–water partition coefficient (Wildman–Crippen LogP) is 3.96. The van der Waals surface area contributed by atoms with Crippen LogP contribution >= 0.6 is 0 Å². The monoisotopic (exact) mass is 367 g/mol. The topological polar surface area (TPSA) is 53.9 Å². The van der Waals surface area contributed by atoms with Crippen LogP contribution in [0.3, 0.4) is 0 Å². The molecule has 0 saturated heterocycles. The van der Waals surface area contributed by atoms with E-state index in [1.54, 1.807) is 6.07 Å². The number of ether oxygens (including phenoxy) is 1. The second kappa shape index (κ2) is 7.02. The van der Waals surface area contributed by atoms with Crippen molar-refractivity contribution in [2.45, 2.75) is 19.9 Å². The van der Waals surface area contributed by atoms with Crippen LogP contribution in [0.4, 0.5) is 9.18 Å². The summed E-state index contributed by atoms with van der Waals surface area (Å²) >= 11 is 0. The zero-order valence-electron chi connectivity index (χ0n) is 15.4. The van der Waals surface area contributed by atoms with E-state index < -0.39 is 0 Å². The van der Waals surface area contributed by atoms with Gasteiger partial charge in [-0.05, 0) is 29.7 Å². The van der Waals surface area contributed by atoms with Gasteiger partial charge in [0.2, 0.25) is 0 Å². The van der Waals surface area contributed by atoms with Gasteiger partial charge in [0.25, 0.3) is 0 Å². The van der Waals surface area contributed by atoms with Gasteiger partial charge in [0.1, 0.15) is 11.6 Å². The zero-order chi connectivity index (χ0) is 19.0. The number of carbonyl (C=O) groups excluding carboxylic acids is 1. The number of carbonyl (C=O) groups is 1. The number of fused-ring (bicyclic) bond motifs is 3. The summed E-state index contributed by atoms with van der Waals surface area (Å²) in [6.45, 7) is 5.04. The van der Waals surface area contributed by atoms with Crippen molar-refractivity contribution < 1.29 is 13.9 Å². The third kappa shape index (κ3) is 3.27. The molecule has 27 heavy (non-hydrogen) atoms. The van der Waals surface area contributed by atoms with Crippen LogP contribution in [-0.2, 0) is 0 Å². The maximum absolute atomic E-state index is 13.8. The highest BCUT2D eigenvalue weighted by molar-refractivity contribution is 6.07. The molecule has 4 rings (SSSR count). The third-order valence-electron chi connectivity index (χ3n) is 4.86. The average Bonchev–Trinajstić information content (AvgIpc) is 3.07. The fourth-order valence-corrected chi connectivity index (χ4v) is 3.57. The highest BCUT2D eigenvalue weighted by Crippen LogP contribution is 2.42. The van der Waals surface area contributed by atoms with Crippen molar-refractivity contribution >= 4 is 11.7 Å². The van der Waals surface area contributed by atoms with Gasteiger partial charge in [-0.3, -0.25) is 0 Å². The first-order valence-corrected chi connectivity index (χ1v) is 9.18. The molecule has 0 saturated carbocycles. The Balaban J connectivity index is 1.74. The predicted molar refractivity (Wildman–Crippen MR) is 101 cm³/mol. The molecule has 5 nitrogen and oxygen atoms in total. The summed E-state index contributed by atoms with van der Waals surface area (Å²) in [5.41, 5.74) is 2.29. The number of amides is 2. The van der Waals surface area contributed by atoms with Crippen LogP contribution in [0.5, 0.6) is 5.75 Å². The summed E-state index contributed by atoms with van der Waals surface area (Å²) in [6.07, 6.45) is 0. The van der Waals surface area contributed by atoms with E-state index in [-0.39, 0.29) is 23.8 Å². The molecule has 2 aromatic rings. The van der Waals surface area contributed by atoms with Gasteiger partial charge in [-0.2, -0.15) is 5.10 Å². The third-order valence-corrected chi connectivity index (χ3v) is 4.86. The van der Waals surface area contributed by atoms with E-state index >= 15 is 0 Å². The SMILES string of the molecule is CC(C)CNC(=O)N1N=C2c3cc(F)ccc3OC[C@H]2[C@H]1c1ccccc1. The lowest BCUT2D eigenvalue weighted by Gasteiger charge is -2.29. The first-order chi connectivity index (χ1) is 13.0. The number of hydrogen-bond donors (Lipinski definition) is 1. The minimum Gasteiger partial charge on any atom is -0.492 e. The fraction of sp³-hybridized carbons (Fsp3) is 0.333. The van der Waals surface area contributed by atoms with Crippen molar-refractivity contribution in [3.63, 3.8) is 0 Å². The first-order valence-electron chi connectivity index (χ1n) is 9.18. The molecule has 0 spiro atoms. The average molecular weight is 367 g/mol. The molecule has 140 valence electrons. The van der Waals surface area contributed by atoms with E-state index in [4.69, 9.17) is 4.74 Å². The van der Waals surface area contributed by atoms with Crippen LogP contribution in [0.2, 0.25) is 0 Å². The summed E-state index contributed by atoms with van der Waals surface area (Å²) in [4.78, 5) is 12.8. The fourth-order valence-electron chi connectivity index (χ4n) is 3.57. The van der Waals surface area contributed by atoms with Crippen LogP contribution < -0.4 is 10.1 Å². The number of halogens is 1. The minimum absolute atomic E-state index is 0.147. The highest BCUT2D eigenvalue weighted by Gasteiger charge is 2.45. The van der Waals surface area contributed by atoms with E-state index in [0.717, 1.165) is 5.56 Å². The Labute approximate surface area is 157 Å². The number of nitrogens with one attached hydrogen (secondary N) is 1. The van der Waals surface area contributed by atoms with Gasteiger partial charge >= 0.3 is 6.03 Å². The normalized spacial score (nSPS) is 20.6. The van der Waals surface area contributed by atoms with Gasteiger partial charge in [0, 0.05) is 12.1 Å². The van der Waals surface area contributed by atoms with Crippen molar-refractivity contribution in [3.8, 4) is 5.75 Å². The van der Waals surface area contributed by atoms with Crippen molar-refractivity contribution in [1.82, 2.24) is 10.3 Å². The summed E-state index contributed by atoms with van der Waals surface area (Å²) in [7, 11) is 0. The number of urea groups is 1.